The van der Waals surface area contributed by atoms with E-state index in [1.54, 1.807) is 24.5 Å². The lowest BCUT2D eigenvalue weighted by molar-refractivity contribution is -0.114. The second-order valence-corrected chi connectivity index (χ2v) is 5.71. The van der Waals surface area contributed by atoms with E-state index in [2.05, 4.69) is 11.6 Å². The molecular formula is C21H27NOS. The van der Waals surface area contributed by atoms with Crippen LogP contribution in [-0.2, 0) is 4.79 Å². The maximum absolute atomic E-state index is 12.0. The Morgan fingerprint density at radius 3 is 2.21 bits per heavy atom. The lowest BCUT2D eigenvalue weighted by atomic mass is 10.1. The minimum absolute atomic E-state index is 0.0900. The third-order valence-electron chi connectivity index (χ3n) is 2.79. The van der Waals surface area contributed by atoms with E-state index in [0.717, 1.165) is 11.3 Å². The first-order valence-corrected chi connectivity index (χ1v) is 8.75. The van der Waals surface area contributed by atoms with Gasteiger partial charge in [0.2, 0.25) is 0 Å². The van der Waals surface area contributed by atoms with Gasteiger partial charge in [-0.05, 0) is 43.7 Å². The highest BCUT2D eigenvalue weighted by Gasteiger charge is 2.02. The van der Waals surface area contributed by atoms with Gasteiger partial charge in [0.15, 0.2) is 5.78 Å². The molecule has 2 nitrogen and oxygen atoms in total. The van der Waals surface area contributed by atoms with Gasteiger partial charge in [-0.2, -0.15) is 11.3 Å². The normalized spacial score (nSPS) is 12.7. The summed E-state index contributed by atoms with van der Waals surface area (Å²) in [5, 5.41) is 4.08. The van der Waals surface area contributed by atoms with E-state index in [1.165, 1.54) is 0 Å². The molecule has 1 aromatic rings. The molecule has 1 rings (SSSR count). The molecule has 0 aliphatic heterocycles. The third kappa shape index (κ3) is 11.3. The highest BCUT2D eigenvalue weighted by molar-refractivity contribution is 7.07. The molecule has 0 bridgehead atoms. The summed E-state index contributed by atoms with van der Waals surface area (Å²) < 4.78 is 0. The molecule has 1 heterocycles. The van der Waals surface area contributed by atoms with Gasteiger partial charge in [-0.3, -0.25) is 9.79 Å². The Morgan fingerprint density at radius 2 is 1.79 bits per heavy atom. The molecular weight excluding hydrogens is 314 g/mol. The maximum atomic E-state index is 12.0. The molecule has 1 aromatic heterocycles. The number of rotatable bonds is 7. The number of hydrogen-bond donors (Lipinski definition) is 0. The second-order valence-electron chi connectivity index (χ2n) is 4.89. The van der Waals surface area contributed by atoms with Crippen molar-refractivity contribution in [2.75, 3.05) is 7.05 Å². The molecule has 0 aliphatic carbocycles. The highest BCUT2D eigenvalue weighted by Crippen LogP contribution is 2.05. The van der Waals surface area contributed by atoms with Crippen LogP contribution in [0.5, 0.6) is 0 Å². The monoisotopic (exact) mass is 341 g/mol. The van der Waals surface area contributed by atoms with Crippen LogP contribution in [0.4, 0.5) is 0 Å². The fourth-order valence-corrected chi connectivity index (χ4v) is 2.04. The Kier molecular flexibility index (Phi) is 13.0. The Bertz CT molecular complexity index is 612. The number of carbonyl (C=O) groups is 1. The second kappa shape index (κ2) is 14.3. The average molecular weight is 342 g/mol. The van der Waals surface area contributed by atoms with Crippen LogP contribution in [0.2, 0.25) is 0 Å². The SMILES string of the molecule is C=C(C)/C=C\C(=C/C)C(=O)C/C=C\C(/C=C/C)=NC.c1ccsc1. The summed E-state index contributed by atoms with van der Waals surface area (Å²) >= 11 is 1.71. The molecule has 0 aromatic carbocycles. The number of aliphatic imine (C=N–C) groups is 1. The van der Waals surface area contributed by atoms with Gasteiger partial charge < -0.3 is 0 Å². The molecule has 0 atom stereocenters. The van der Waals surface area contributed by atoms with E-state index >= 15 is 0 Å². The Hall–Kier alpha value is -2.26. The summed E-state index contributed by atoms with van der Waals surface area (Å²) in [5.41, 5.74) is 2.49. The molecule has 0 radical (unpaired) electrons. The number of nitrogens with zero attached hydrogens (tertiary/aromatic N) is 1. The van der Waals surface area contributed by atoms with Crippen molar-refractivity contribution in [1.82, 2.24) is 0 Å². The lowest BCUT2D eigenvalue weighted by Crippen LogP contribution is -1.99. The molecule has 128 valence electrons. The van der Waals surface area contributed by atoms with Crippen LogP contribution >= 0.6 is 11.3 Å². The van der Waals surface area contributed by atoms with Crippen molar-refractivity contribution in [2.45, 2.75) is 27.2 Å². The zero-order chi connectivity index (χ0) is 18.2. The molecule has 0 spiro atoms. The van der Waals surface area contributed by atoms with E-state index in [1.807, 2.05) is 80.1 Å². The van der Waals surface area contributed by atoms with Crippen molar-refractivity contribution < 1.29 is 4.79 Å². The first kappa shape index (κ1) is 21.7. The average Bonchev–Trinajstić information content (AvgIpc) is 3.14. The van der Waals surface area contributed by atoms with Gasteiger partial charge in [0.1, 0.15) is 0 Å². The van der Waals surface area contributed by atoms with Gasteiger partial charge in [0, 0.05) is 19.0 Å². The quantitative estimate of drug-likeness (QED) is 0.341. The van der Waals surface area contributed by atoms with E-state index in [9.17, 15) is 4.79 Å². The van der Waals surface area contributed by atoms with Crippen molar-refractivity contribution >= 4 is 22.8 Å². The Morgan fingerprint density at radius 1 is 1.12 bits per heavy atom. The van der Waals surface area contributed by atoms with E-state index in [0.29, 0.717) is 12.0 Å². The zero-order valence-electron chi connectivity index (χ0n) is 15.0. The Balaban J connectivity index is 0.000000889. The smallest absolute Gasteiger partial charge is 0.166 e. The molecule has 0 saturated carbocycles. The largest absolute Gasteiger partial charge is 0.294 e. The van der Waals surface area contributed by atoms with E-state index in [-0.39, 0.29) is 5.78 Å². The van der Waals surface area contributed by atoms with Gasteiger partial charge in [-0.1, -0.05) is 54.7 Å². The van der Waals surface area contributed by atoms with Gasteiger partial charge >= 0.3 is 0 Å². The third-order valence-corrected chi connectivity index (χ3v) is 3.42. The van der Waals surface area contributed by atoms with Crippen molar-refractivity contribution in [2.24, 2.45) is 4.99 Å². The number of hydrogen-bond acceptors (Lipinski definition) is 3. The number of allylic oxidation sites excluding steroid dienone is 9. The topological polar surface area (TPSA) is 29.4 Å². The van der Waals surface area contributed by atoms with Crippen LogP contribution in [-0.4, -0.2) is 18.5 Å². The molecule has 0 amide bonds. The minimum atomic E-state index is 0.0900. The van der Waals surface area contributed by atoms with Gasteiger partial charge in [0.05, 0.1) is 5.71 Å². The summed E-state index contributed by atoms with van der Waals surface area (Å²) in [5.74, 6) is 0.0900. The lowest BCUT2D eigenvalue weighted by Gasteiger charge is -1.98. The van der Waals surface area contributed by atoms with Crippen molar-refractivity contribution in [1.29, 1.82) is 0 Å². The number of thiophene rings is 1. The molecule has 0 N–H and O–H groups in total. The first-order valence-electron chi connectivity index (χ1n) is 7.81. The van der Waals surface area contributed by atoms with E-state index in [4.69, 9.17) is 0 Å². The van der Waals surface area contributed by atoms with Crippen LogP contribution in [0.1, 0.15) is 27.2 Å². The summed E-state index contributed by atoms with van der Waals surface area (Å²) in [4.78, 5) is 16.0. The minimum Gasteiger partial charge on any atom is -0.294 e. The fourth-order valence-electron chi connectivity index (χ4n) is 1.59. The molecule has 0 saturated heterocycles. The maximum Gasteiger partial charge on any atom is 0.166 e. The molecule has 0 fully saturated rings. The first-order chi connectivity index (χ1) is 11.5. The fraction of sp³-hybridized carbons (Fsp3) is 0.238. The van der Waals surface area contributed by atoms with Crippen LogP contribution in [0, 0.1) is 0 Å². The standard InChI is InChI=1S/C17H23NO.C4H4S/c1-6-9-16(18-5)10-8-11-17(19)15(7-2)13-12-14(3)4;1-2-4-5-3-1/h6-10,12-13H,3,11H2,1-2,4-5H3;1-4H/b9-6+,10-8-,13-12-,15-7+,18-16?;. The van der Waals surface area contributed by atoms with Crippen molar-refractivity contribution in [3.8, 4) is 0 Å². The van der Waals surface area contributed by atoms with Gasteiger partial charge in [-0.25, -0.2) is 0 Å². The van der Waals surface area contributed by atoms with Crippen molar-refractivity contribution in [3.63, 3.8) is 0 Å². The van der Waals surface area contributed by atoms with Gasteiger partial charge in [-0.15, -0.1) is 0 Å². The predicted octanol–water partition coefficient (Wildman–Crippen LogP) is 5.98. The number of Topliss-reactive ketones (excluding diaryl/α,β-unsaturated/α-hetero) is 1. The van der Waals surface area contributed by atoms with Crippen molar-refractivity contribution in [3.05, 3.63) is 83.2 Å². The Labute approximate surface area is 150 Å². The number of ketones is 1. The molecule has 3 heteroatoms. The van der Waals surface area contributed by atoms with Crippen LogP contribution in [0.15, 0.2) is 88.1 Å². The molecule has 0 aliphatic rings. The summed E-state index contributed by atoms with van der Waals surface area (Å²) in [6, 6.07) is 4.04. The zero-order valence-corrected chi connectivity index (χ0v) is 15.8. The van der Waals surface area contributed by atoms with Crippen LogP contribution < -0.4 is 0 Å². The summed E-state index contributed by atoms with van der Waals surface area (Å²) in [6.45, 7) is 9.47. The van der Waals surface area contributed by atoms with Gasteiger partial charge in [0.25, 0.3) is 0 Å². The summed E-state index contributed by atoms with van der Waals surface area (Å²) in [6.07, 6.45) is 13.3. The molecule has 24 heavy (non-hydrogen) atoms. The van der Waals surface area contributed by atoms with Crippen LogP contribution in [0.25, 0.3) is 0 Å². The van der Waals surface area contributed by atoms with Crippen LogP contribution in [0.3, 0.4) is 0 Å². The summed E-state index contributed by atoms with van der Waals surface area (Å²) in [7, 11) is 1.73. The highest BCUT2D eigenvalue weighted by atomic mass is 32.1. The van der Waals surface area contributed by atoms with E-state index < -0.39 is 0 Å². The molecule has 0 unspecified atom stereocenters. The predicted molar refractivity (Wildman–Crippen MR) is 109 cm³/mol. The number of carbonyl (C=O) groups excluding carboxylic acids is 1.